The highest BCUT2D eigenvalue weighted by molar-refractivity contribution is 7.85. The largest absolute Gasteiger partial charge is 1.00 e. The number of rotatable bonds is 5. The average Bonchev–Trinajstić information content (AvgIpc) is 1.78. The van der Waals surface area contributed by atoms with Crippen LogP contribution in [-0.2, 0) is 10.1 Å². The molecule has 0 aromatic carbocycles. The summed E-state index contributed by atoms with van der Waals surface area (Å²) in [6.45, 7) is 2.03. The second-order valence-electron chi connectivity index (χ2n) is 2.32. The summed E-state index contributed by atoms with van der Waals surface area (Å²) in [6.07, 6.45) is 3.42. The smallest absolute Gasteiger partial charge is 0.0945 e. The summed E-state index contributed by atoms with van der Waals surface area (Å²) in [5.74, 6) is -0.201. The van der Waals surface area contributed by atoms with Crippen molar-refractivity contribution in [1.82, 2.24) is 12.3 Å². The Balaban J connectivity index is -0.000000135. The van der Waals surface area contributed by atoms with Gasteiger partial charge in [0.15, 0.2) is 0 Å². The van der Waals surface area contributed by atoms with E-state index in [9.17, 15) is 13.0 Å². The van der Waals surface area contributed by atoms with Crippen molar-refractivity contribution in [3.05, 3.63) is 0 Å². The zero-order valence-corrected chi connectivity index (χ0v) is 10.1. The Bertz CT molecular complexity index is 173. The molecule has 0 fully saturated rings. The quantitative estimate of drug-likeness (QED) is 0.462. The SMILES string of the molecule is CCCCCCS(=O)(=O)[O-].[Cl-].[NH4+].[NH4+]. The number of hydrogen-bond acceptors (Lipinski definition) is 3. The van der Waals surface area contributed by atoms with Gasteiger partial charge in [-0.3, -0.25) is 0 Å². The van der Waals surface area contributed by atoms with Gasteiger partial charge in [0.25, 0.3) is 0 Å². The standard InChI is InChI=1S/C6H14O3S.ClH.2H3N/c1-2-3-4-5-6-10(7,8)9;;;/h2-6H2,1H3,(H,7,8,9);1H;2*1H3. The molecule has 0 aliphatic heterocycles. The molecule has 0 amide bonds. The minimum absolute atomic E-state index is 0. The molecule has 0 heterocycles. The van der Waals surface area contributed by atoms with Crippen molar-refractivity contribution in [2.45, 2.75) is 32.6 Å². The van der Waals surface area contributed by atoms with Crippen LogP contribution in [-0.4, -0.2) is 18.7 Å². The molecule has 8 N–H and O–H groups in total. The molecule has 0 aromatic rings. The van der Waals surface area contributed by atoms with Gasteiger partial charge in [-0.1, -0.05) is 26.2 Å². The molecule has 0 spiro atoms. The lowest BCUT2D eigenvalue weighted by molar-refractivity contribution is -0.00000752. The van der Waals surface area contributed by atoms with Gasteiger partial charge in [-0.15, -0.1) is 0 Å². The van der Waals surface area contributed by atoms with Gasteiger partial charge in [0.1, 0.15) is 0 Å². The van der Waals surface area contributed by atoms with E-state index in [1.165, 1.54) is 0 Å². The van der Waals surface area contributed by atoms with Gasteiger partial charge in [0.2, 0.25) is 0 Å². The van der Waals surface area contributed by atoms with Crippen LogP contribution < -0.4 is 24.7 Å². The molecule has 0 aliphatic rings. The zero-order valence-electron chi connectivity index (χ0n) is 8.55. The van der Waals surface area contributed by atoms with Crippen molar-refractivity contribution in [2.75, 3.05) is 5.75 Å². The first kappa shape index (κ1) is 23.2. The molecule has 0 aliphatic carbocycles. The van der Waals surface area contributed by atoms with Gasteiger partial charge in [-0.2, -0.15) is 0 Å². The Morgan fingerprint density at radius 1 is 1.08 bits per heavy atom. The molecular weight excluding hydrogens is 216 g/mol. The van der Waals surface area contributed by atoms with E-state index in [-0.39, 0.29) is 30.5 Å². The summed E-state index contributed by atoms with van der Waals surface area (Å²) in [7, 11) is -3.95. The number of hydrogen-bond donors (Lipinski definition) is 2. The second kappa shape index (κ2) is 12.1. The molecule has 86 valence electrons. The van der Waals surface area contributed by atoms with E-state index in [1.807, 2.05) is 6.92 Å². The van der Waals surface area contributed by atoms with Gasteiger partial charge in [0.05, 0.1) is 10.1 Å². The molecule has 0 aromatic heterocycles. The second-order valence-corrected chi connectivity index (χ2v) is 3.85. The van der Waals surface area contributed by atoms with Crippen LogP contribution >= 0.6 is 0 Å². The Morgan fingerprint density at radius 2 is 1.54 bits per heavy atom. The lowest BCUT2D eigenvalue weighted by Gasteiger charge is -2.04. The number of unbranched alkanes of at least 4 members (excludes halogenated alkanes) is 3. The first-order chi connectivity index (χ1) is 4.56. The molecule has 13 heavy (non-hydrogen) atoms. The van der Waals surface area contributed by atoms with Gasteiger partial charge in [-0.25, -0.2) is 8.42 Å². The van der Waals surface area contributed by atoms with Crippen molar-refractivity contribution in [1.29, 1.82) is 0 Å². The summed E-state index contributed by atoms with van der Waals surface area (Å²) in [5, 5.41) is 0. The summed E-state index contributed by atoms with van der Waals surface area (Å²) < 4.78 is 30.1. The highest BCUT2D eigenvalue weighted by Gasteiger charge is 1.93. The third-order valence-electron chi connectivity index (χ3n) is 1.25. The van der Waals surface area contributed by atoms with E-state index in [0.29, 0.717) is 6.42 Å². The minimum atomic E-state index is -3.95. The molecule has 0 saturated heterocycles. The normalized spacial score (nSPS) is 9.08. The van der Waals surface area contributed by atoms with Gasteiger partial charge in [-0.05, 0) is 6.42 Å². The van der Waals surface area contributed by atoms with Crippen LogP contribution in [0.3, 0.4) is 0 Å². The summed E-state index contributed by atoms with van der Waals surface area (Å²) in [6, 6.07) is 0. The van der Waals surface area contributed by atoms with Crippen molar-refractivity contribution in [3.63, 3.8) is 0 Å². The van der Waals surface area contributed by atoms with E-state index >= 15 is 0 Å². The van der Waals surface area contributed by atoms with Crippen LogP contribution in [0.15, 0.2) is 0 Å². The van der Waals surface area contributed by atoms with Crippen molar-refractivity contribution in [2.24, 2.45) is 0 Å². The third-order valence-corrected chi connectivity index (χ3v) is 2.04. The van der Waals surface area contributed by atoms with Crippen LogP contribution in [0.5, 0.6) is 0 Å². The molecule has 7 heteroatoms. The summed E-state index contributed by atoms with van der Waals surface area (Å²) >= 11 is 0. The Morgan fingerprint density at radius 3 is 1.85 bits per heavy atom. The minimum Gasteiger partial charge on any atom is -1.00 e. The first-order valence-corrected chi connectivity index (χ1v) is 5.07. The zero-order chi connectivity index (χ0) is 8.04. The maximum Gasteiger partial charge on any atom is 0.0945 e. The van der Waals surface area contributed by atoms with E-state index in [0.717, 1.165) is 19.3 Å². The molecule has 0 radical (unpaired) electrons. The molecule has 0 bridgehead atoms. The predicted molar refractivity (Wildman–Crippen MR) is 50.7 cm³/mol. The highest BCUT2D eigenvalue weighted by Crippen LogP contribution is 2.00. The maximum atomic E-state index is 10.0. The van der Waals surface area contributed by atoms with Crippen molar-refractivity contribution < 1.29 is 25.4 Å². The fourth-order valence-corrected chi connectivity index (χ4v) is 1.26. The average molecular weight is 237 g/mol. The van der Waals surface area contributed by atoms with Crippen LogP contribution in [0.2, 0.25) is 0 Å². The molecule has 0 atom stereocenters. The summed E-state index contributed by atoms with van der Waals surface area (Å²) in [5.41, 5.74) is 0. The number of halogens is 1. The van der Waals surface area contributed by atoms with Gasteiger partial charge < -0.3 is 29.3 Å². The van der Waals surface area contributed by atoms with Crippen LogP contribution in [0.4, 0.5) is 0 Å². The Hall–Kier alpha value is 0.120. The van der Waals surface area contributed by atoms with E-state index in [4.69, 9.17) is 0 Å². The monoisotopic (exact) mass is 236 g/mol. The predicted octanol–water partition coefficient (Wildman–Crippen LogP) is -1.13. The van der Waals surface area contributed by atoms with Crippen LogP contribution in [0, 0.1) is 0 Å². The maximum absolute atomic E-state index is 10.0. The molecule has 0 saturated carbocycles. The Kier molecular flexibility index (Phi) is 21.6. The lowest BCUT2D eigenvalue weighted by Crippen LogP contribution is -3.00. The van der Waals surface area contributed by atoms with Gasteiger partial charge >= 0.3 is 0 Å². The van der Waals surface area contributed by atoms with E-state index in [2.05, 4.69) is 0 Å². The molecule has 5 nitrogen and oxygen atoms in total. The Labute approximate surface area is 86.6 Å². The van der Waals surface area contributed by atoms with Crippen molar-refractivity contribution >= 4 is 10.1 Å². The third kappa shape index (κ3) is 24.5. The van der Waals surface area contributed by atoms with E-state index in [1.54, 1.807) is 0 Å². The highest BCUT2D eigenvalue weighted by atomic mass is 35.5. The van der Waals surface area contributed by atoms with Crippen molar-refractivity contribution in [3.8, 4) is 0 Å². The van der Waals surface area contributed by atoms with Crippen LogP contribution in [0.25, 0.3) is 0 Å². The van der Waals surface area contributed by atoms with E-state index < -0.39 is 10.1 Å². The van der Waals surface area contributed by atoms with Crippen LogP contribution in [0.1, 0.15) is 32.6 Å². The number of quaternary nitrogens is 2. The molecule has 0 unspecified atom stereocenters. The lowest BCUT2D eigenvalue weighted by atomic mass is 10.2. The molecule has 0 rings (SSSR count). The fourth-order valence-electron chi connectivity index (χ4n) is 0.706. The van der Waals surface area contributed by atoms with Gasteiger partial charge in [0, 0.05) is 5.75 Å². The summed E-state index contributed by atoms with van der Waals surface area (Å²) in [4.78, 5) is 0. The topological polar surface area (TPSA) is 130 Å². The first-order valence-electron chi connectivity index (χ1n) is 3.50. The fraction of sp³-hybridized carbons (Fsp3) is 1.00. The molecular formula is C6H21ClN2O3S.